The lowest BCUT2D eigenvalue weighted by atomic mass is 9.88. The zero-order valence-electron chi connectivity index (χ0n) is 14.3. The van der Waals surface area contributed by atoms with Crippen molar-refractivity contribution in [3.8, 4) is 11.1 Å². The minimum atomic E-state index is 0.545. The van der Waals surface area contributed by atoms with E-state index in [1.165, 1.54) is 27.8 Å². The molecule has 0 saturated heterocycles. The Morgan fingerprint density at radius 2 is 1.10 bits per heavy atom. The third-order valence-electron chi connectivity index (χ3n) is 4.25. The molecular formula is C21H28. The summed E-state index contributed by atoms with van der Waals surface area (Å²) in [6.07, 6.45) is 0. The molecule has 0 saturated carbocycles. The molecule has 0 aliphatic rings. The Kier molecular flexibility index (Phi) is 4.88. The predicted molar refractivity (Wildman–Crippen MR) is 94.1 cm³/mol. The molecule has 0 aromatic heterocycles. The second kappa shape index (κ2) is 6.47. The number of hydrogen-bond acceptors (Lipinski definition) is 0. The molecule has 0 amide bonds. The SMILES string of the molecule is CC(C)c1ccc(-c2ccc(C(C)C)cc2C(C)C)cc1. The molecule has 2 aromatic rings. The van der Waals surface area contributed by atoms with Gasteiger partial charge in [0.05, 0.1) is 0 Å². The Morgan fingerprint density at radius 3 is 1.57 bits per heavy atom. The van der Waals surface area contributed by atoms with E-state index in [4.69, 9.17) is 0 Å². The highest BCUT2D eigenvalue weighted by Crippen LogP contribution is 2.32. The van der Waals surface area contributed by atoms with Crippen LogP contribution >= 0.6 is 0 Å². The summed E-state index contributed by atoms with van der Waals surface area (Å²) in [6.45, 7) is 13.6. The van der Waals surface area contributed by atoms with E-state index in [0.717, 1.165) is 0 Å². The van der Waals surface area contributed by atoms with Gasteiger partial charge in [-0.3, -0.25) is 0 Å². The first-order valence-corrected chi connectivity index (χ1v) is 8.14. The van der Waals surface area contributed by atoms with Gasteiger partial charge in [-0.05, 0) is 45.6 Å². The van der Waals surface area contributed by atoms with Gasteiger partial charge in [0, 0.05) is 0 Å². The summed E-state index contributed by atoms with van der Waals surface area (Å²) in [5, 5.41) is 0. The van der Waals surface area contributed by atoms with Gasteiger partial charge in [-0.2, -0.15) is 0 Å². The van der Waals surface area contributed by atoms with Crippen LogP contribution in [0.2, 0.25) is 0 Å². The first-order chi connectivity index (χ1) is 9.90. The minimum absolute atomic E-state index is 0.545. The fourth-order valence-corrected chi connectivity index (χ4v) is 2.73. The average Bonchev–Trinajstić information content (AvgIpc) is 2.46. The Balaban J connectivity index is 2.47. The van der Waals surface area contributed by atoms with Crippen molar-refractivity contribution < 1.29 is 0 Å². The van der Waals surface area contributed by atoms with Crippen LogP contribution in [0.25, 0.3) is 11.1 Å². The molecule has 0 radical (unpaired) electrons. The molecule has 0 fully saturated rings. The van der Waals surface area contributed by atoms with E-state index in [0.29, 0.717) is 17.8 Å². The number of hydrogen-bond donors (Lipinski definition) is 0. The van der Waals surface area contributed by atoms with Crippen molar-refractivity contribution >= 4 is 0 Å². The fourth-order valence-electron chi connectivity index (χ4n) is 2.73. The van der Waals surface area contributed by atoms with Crippen molar-refractivity contribution in [1.29, 1.82) is 0 Å². The predicted octanol–water partition coefficient (Wildman–Crippen LogP) is 6.72. The van der Waals surface area contributed by atoms with E-state index < -0.39 is 0 Å². The van der Waals surface area contributed by atoms with Crippen LogP contribution in [0.1, 0.15) is 76.0 Å². The van der Waals surface area contributed by atoms with Crippen molar-refractivity contribution in [2.45, 2.75) is 59.3 Å². The van der Waals surface area contributed by atoms with Crippen molar-refractivity contribution in [1.82, 2.24) is 0 Å². The van der Waals surface area contributed by atoms with E-state index in [2.05, 4.69) is 84.0 Å². The highest BCUT2D eigenvalue weighted by atomic mass is 14.2. The van der Waals surface area contributed by atoms with Crippen LogP contribution in [0.5, 0.6) is 0 Å². The smallest absolute Gasteiger partial charge is 0.0149 e. The van der Waals surface area contributed by atoms with E-state index >= 15 is 0 Å². The van der Waals surface area contributed by atoms with Crippen LogP contribution in [0.15, 0.2) is 42.5 Å². The summed E-state index contributed by atoms with van der Waals surface area (Å²) in [6, 6.07) is 16.0. The van der Waals surface area contributed by atoms with E-state index in [-0.39, 0.29) is 0 Å². The van der Waals surface area contributed by atoms with Crippen molar-refractivity contribution in [3.05, 3.63) is 59.2 Å². The van der Waals surface area contributed by atoms with Crippen LogP contribution in [0.4, 0.5) is 0 Å². The summed E-state index contributed by atoms with van der Waals surface area (Å²) in [4.78, 5) is 0. The molecular weight excluding hydrogens is 252 g/mol. The Labute approximate surface area is 130 Å². The molecule has 0 nitrogen and oxygen atoms in total. The molecule has 2 aromatic carbocycles. The van der Waals surface area contributed by atoms with Gasteiger partial charge in [-0.1, -0.05) is 84.0 Å². The zero-order valence-corrected chi connectivity index (χ0v) is 14.3. The largest absolute Gasteiger partial charge is 0.0587 e. The molecule has 0 unspecified atom stereocenters. The van der Waals surface area contributed by atoms with Crippen molar-refractivity contribution in [2.24, 2.45) is 0 Å². The number of rotatable bonds is 4. The lowest BCUT2D eigenvalue weighted by molar-refractivity contribution is 0.835. The van der Waals surface area contributed by atoms with Gasteiger partial charge in [-0.25, -0.2) is 0 Å². The Bertz CT molecular complexity index is 586. The topological polar surface area (TPSA) is 0 Å². The molecule has 0 atom stereocenters. The maximum absolute atomic E-state index is 2.39. The first kappa shape index (κ1) is 15.8. The molecule has 0 heterocycles. The highest BCUT2D eigenvalue weighted by Gasteiger charge is 2.11. The third-order valence-corrected chi connectivity index (χ3v) is 4.25. The van der Waals surface area contributed by atoms with Gasteiger partial charge in [0.1, 0.15) is 0 Å². The Hall–Kier alpha value is -1.56. The molecule has 0 bridgehead atoms. The molecule has 0 spiro atoms. The maximum atomic E-state index is 2.39. The van der Waals surface area contributed by atoms with Crippen LogP contribution in [-0.4, -0.2) is 0 Å². The average molecular weight is 280 g/mol. The first-order valence-electron chi connectivity index (χ1n) is 8.14. The Morgan fingerprint density at radius 1 is 0.571 bits per heavy atom. The summed E-state index contributed by atoms with van der Waals surface area (Å²) >= 11 is 0. The molecule has 0 heteroatoms. The van der Waals surface area contributed by atoms with Gasteiger partial charge in [0.15, 0.2) is 0 Å². The maximum Gasteiger partial charge on any atom is -0.0149 e. The second-order valence-corrected chi connectivity index (χ2v) is 6.93. The van der Waals surface area contributed by atoms with Gasteiger partial charge >= 0.3 is 0 Å². The van der Waals surface area contributed by atoms with Crippen LogP contribution in [0, 0.1) is 0 Å². The molecule has 112 valence electrons. The molecule has 0 N–H and O–H groups in total. The van der Waals surface area contributed by atoms with Gasteiger partial charge in [0.2, 0.25) is 0 Å². The normalized spacial score (nSPS) is 11.7. The molecule has 0 aliphatic carbocycles. The molecule has 0 aliphatic heterocycles. The lowest BCUT2D eigenvalue weighted by Gasteiger charge is -2.17. The molecule has 2 rings (SSSR count). The van der Waals surface area contributed by atoms with Gasteiger partial charge < -0.3 is 0 Å². The van der Waals surface area contributed by atoms with Gasteiger partial charge in [-0.15, -0.1) is 0 Å². The van der Waals surface area contributed by atoms with Crippen LogP contribution in [0.3, 0.4) is 0 Å². The highest BCUT2D eigenvalue weighted by molar-refractivity contribution is 5.69. The summed E-state index contributed by atoms with van der Waals surface area (Å²) in [5.74, 6) is 1.72. The second-order valence-electron chi connectivity index (χ2n) is 6.93. The quantitative estimate of drug-likeness (QED) is 0.583. The van der Waals surface area contributed by atoms with Crippen molar-refractivity contribution in [2.75, 3.05) is 0 Å². The summed E-state index contributed by atoms with van der Waals surface area (Å²) in [5.41, 5.74) is 7.01. The lowest BCUT2D eigenvalue weighted by Crippen LogP contribution is -1.97. The fraction of sp³-hybridized carbons (Fsp3) is 0.429. The van der Waals surface area contributed by atoms with Crippen LogP contribution < -0.4 is 0 Å². The molecule has 21 heavy (non-hydrogen) atoms. The summed E-state index contributed by atoms with van der Waals surface area (Å²) in [7, 11) is 0. The third kappa shape index (κ3) is 3.56. The van der Waals surface area contributed by atoms with Crippen molar-refractivity contribution in [3.63, 3.8) is 0 Å². The number of benzene rings is 2. The zero-order chi connectivity index (χ0) is 15.6. The standard InChI is InChI=1S/C21H28/c1-14(2)17-7-9-18(10-8-17)20-12-11-19(15(3)4)13-21(20)16(5)6/h7-16H,1-6H3. The summed E-state index contributed by atoms with van der Waals surface area (Å²) < 4.78 is 0. The van der Waals surface area contributed by atoms with E-state index in [9.17, 15) is 0 Å². The van der Waals surface area contributed by atoms with E-state index in [1.54, 1.807) is 0 Å². The van der Waals surface area contributed by atoms with E-state index in [1.807, 2.05) is 0 Å². The van der Waals surface area contributed by atoms with Crippen LogP contribution in [-0.2, 0) is 0 Å². The monoisotopic (exact) mass is 280 g/mol. The van der Waals surface area contributed by atoms with Gasteiger partial charge in [0.25, 0.3) is 0 Å². The minimum Gasteiger partial charge on any atom is -0.0587 e.